The van der Waals surface area contributed by atoms with E-state index in [1.165, 1.54) is 19.1 Å². The Morgan fingerprint density at radius 1 is 0.880 bits per heavy atom. The number of phenols is 4. The number of carbonyl (C=O) groups is 2. The molecule has 0 amide bonds. The summed E-state index contributed by atoms with van der Waals surface area (Å²) < 4.78 is 9.93. The molecule has 8 nitrogen and oxygen atoms in total. The maximum Gasteiger partial charge on any atom is 0.342 e. The molecule has 2 rings (SSSR count). The van der Waals surface area contributed by atoms with Gasteiger partial charge < -0.3 is 29.9 Å². The van der Waals surface area contributed by atoms with Crippen LogP contribution in [-0.4, -0.2) is 45.1 Å². The molecule has 0 aromatic heterocycles. The standard InChI is InChI=1S/C17H16O8/c1-9(25-17(23)13-7-11(19)3-5-15(13)21)8-24-16(22)12-6-10(18)2-4-14(12)20/h2-7,9,18-21H,8H2,1H3. The minimum atomic E-state index is -0.906. The number of ether oxygens (including phenoxy) is 2. The minimum Gasteiger partial charge on any atom is -0.508 e. The summed E-state index contributed by atoms with van der Waals surface area (Å²) in [5.41, 5.74) is -0.465. The van der Waals surface area contributed by atoms with Crippen molar-refractivity contribution in [1.29, 1.82) is 0 Å². The van der Waals surface area contributed by atoms with Crippen molar-refractivity contribution in [3.63, 3.8) is 0 Å². The molecule has 0 aliphatic heterocycles. The van der Waals surface area contributed by atoms with Crippen LogP contribution in [0.4, 0.5) is 0 Å². The van der Waals surface area contributed by atoms with Crippen LogP contribution in [0.1, 0.15) is 27.6 Å². The average molecular weight is 348 g/mol. The van der Waals surface area contributed by atoms with E-state index in [9.17, 15) is 30.0 Å². The van der Waals surface area contributed by atoms with Crippen LogP contribution in [0.2, 0.25) is 0 Å². The number of benzene rings is 2. The summed E-state index contributed by atoms with van der Waals surface area (Å²) in [5.74, 6) is -2.98. The molecule has 0 bridgehead atoms. The molecule has 0 spiro atoms. The van der Waals surface area contributed by atoms with E-state index in [2.05, 4.69) is 0 Å². The molecule has 0 aliphatic rings. The maximum atomic E-state index is 11.9. The number of hydrogen-bond acceptors (Lipinski definition) is 8. The summed E-state index contributed by atoms with van der Waals surface area (Å²) in [6, 6.07) is 6.78. The molecule has 0 saturated heterocycles. The molecule has 4 N–H and O–H groups in total. The lowest BCUT2D eigenvalue weighted by Gasteiger charge is -2.14. The van der Waals surface area contributed by atoms with Gasteiger partial charge in [-0.25, -0.2) is 9.59 Å². The maximum absolute atomic E-state index is 11.9. The highest BCUT2D eigenvalue weighted by Crippen LogP contribution is 2.24. The largest absolute Gasteiger partial charge is 0.508 e. The summed E-state index contributed by atoms with van der Waals surface area (Å²) in [7, 11) is 0. The van der Waals surface area contributed by atoms with Crippen molar-refractivity contribution < 1.29 is 39.5 Å². The summed E-state index contributed by atoms with van der Waals surface area (Å²) in [6.45, 7) is 1.13. The fourth-order valence-corrected chi connectivity index (χ4v) is 1.93. The Bertz CT molecular complexity index is 799. The molecule has 0 saturated carbocycles. The third kappa shape index (κ3) is 4.54. The zero-order chi connectivity index (χ0) is 18.6. The monoisotopic (exact) mass is 348 g/mol. The topological polar surface area (TPSA) is 134 Å². The highest BCUT2D eigenvalue weighted by atomic mass is 16.6. The Balaban J connectivity index is 1.95. The first-order valence-electron chi connectivity index (χ1n) is 7.20. The van der Waals surface area contributed by atoms with E-state index in [0.717, 1.165) is 24.3 Å². The molecule has 0 aliphatic carbocycles. The van der Waals surface area contributed by atoms with Crippen molar-refractivity contribution in [2.45, 2.75) is 13.0 Å². The van der Waals surface area contributed by atoms with E-state index in [1.54, 1.807) is 0 Å². The molecule has 8 heteroatoms. The van der Waals surface area contributed by atoms with Gasteiger partial charge >= 0.3 is 11.9 Å². The predicted molar refractivity (Wildman–Crippen MR) is 84.7 cm³/mol. The molecule has 1 unspecified atom stereocenters. The fourth-order valence-electron chi connectivity index (χ4n) is 1.93. The van der Waals surface area contributed by atoms with Gasteiger partial charge in [0, 0.05) is 0 Å². The lowest BCUT2D eigenvalue weighted by atomic mass is 10.2. The van der Waals surface area contributed by atoms with Crippen LogP contribution in [0.5, 0.6) is 23.0 Å². The molecule has 0 radical (unpaired) electrons. The molecule has 1 atom stereocenters. The molecule has 0 fully saturated rings. The van der Waals surface area contributed by atoms with E-state index in [1.807, 2.05) is 0 Å². The van der Waals surface area contributed by atoms with Crippen molar-refractivity contribution in [2.24, 2.45) is 0 Å². The van der Waals surface area contributed by atoms with Gasteiger partial charge in [-0.3, -0.25) is 0 Å². The molecule has 132 valence electrons. The number of rotatable bonds is 5. The number of carbonyl (C=O) groups excluding carboxylic acids is 2. The Labute approximate surface area is 142 Å². The van der Waals surface area contributed by atoms with Crippen molar-refractivity contribution in [3.8, 4) is 23.0 Å². The lowest BCUT2D eigenvalue weighted by Crippen LogP contribution is -2.22. The molecule has 2 aromatic rings. The van der Waals surface area contributed by atoms with Crippen LogP contribution in [0.25, 0.3) is 0 Å². The van der Waals surface area contributed by atoms with Crippen molar-refractivity contribution in [2.75, 3.05) is 6.61 Å². The van der Waals surface area contributed by atoms with E-state index in [-0.39, 0.29) is 40.7 Å². The van der Waals surface area contributed by atoms with Gasteiger partial charge in [0.1, 0.15) is 46.8 Å². The minimum absolute atomic E-state index is 0.219. The highest BCUT2D eigenvalue weighted by Gasteiger charge is 2.19. The summed E-state index contributed by atoms with van der Waals surface area (Å²) >= 11 is 0. The zero-order valence-corrected chi connectivity index (χ0v) is 13.2. The third-order valence-corrected chi connectivity index (χ3v) is 3.16. The van der Waals surface area contributed by atoms with Gasteiger partial charge in [0.25, 0.3) is 0 Å². The highest BCUT2D eigenvalue weighted by molar-refractivity contribution is 5.93. The molecular weight excluding hydrogens is 332 g/mol. The van der Waals surface area contributed by atoms with Gasteiger partial charge in [0.15, 0.2) is 0 Å². The molecule has 2 aromatic carbocycles. The van der Waals surface area contributed by atoms with E-state index in [0.29, 0.717) is 0 Å². The molecular formula is C17H16O8. The van der Waals surface area contributed by atoms with Crippen LogP contribution in [0.15, 0.2) is 36.4 Å². The number of aromatic hydroxyl groups is 4. The van der Waals surface area contributed by atoms with Crippen molar-refractivity contribution in [3.05, 3.63) is 47.5 Å². The SMILES string of the molecule is CC(COC(=O)c1cc(O)ccc1O)OC(=O)c1cc(O)ccc1O. The number of esters is 2. The van der Waals surface area contributed by atoms with Gasteiger partial charge in [0.2, 0.25) is 0 Å². The van der Waals surface area contributed by atoms with Crippen molar-refractivity contribution in [1.82, 2.24) is 0 Å². The van der Waals surface area contributed by atoms with Crippen LogP contribution >= 0.6 is 0 Å². The summed E-state index contributed by atoms with van der Waals surface area (Å²) in [5, 5.41) is 37.8. The number of hydrogen-bond donors (Lipinski definition) is 4. The third-order valence-electron chi connectivity index (χ3n) is 3.16. The Morgan fingerprint density at radius 3 is 1.88 bits per heavy atom. The second-order valence-corrected chi connectivity index (χ2v) is 5.22. The normalized spacial score (nSPS) is 11.6. The van der Waals surface area contributed by atoms with E-state index in [4.69, 9.17) is 9.47 Å². The van der Waals surface area contributed by atoms with Crippen LogP contribution in [-0.2, 0) is 9.47 Å². The second kappa shape index (κ2) is 7.43. The smallest absolute Gasteiger partial charge is 0.342 e. The van der Waals surface area contributed by atoms with Gasteiger partial charge in [-0.15, -0.1) is 0 Å². The first kappa shape index (κ1) is 17.9. The summed E-state index contributed by atoms with van der Waals surface area (Å²) in [6.07, 6.45) is -0.863. The number of phenolic OH excluding ortho intramolecular Hbond substituents is 4. The molecule has 0 heterocycles. The van der Waals surface area contributed by atoms with Crippen LogP contribution < -0.4 is 0 Å². The molecule has 25 heavy (non-hydrogen) atoms. The van der Waals surface area contributed by atoms with Gasteiger partial charge in [-0.1, -0.05) is 0 Å². The quantitative estimate of drug-likeness (QED) is 0.476. The average Bonchev–Trinajstić information content (AvgIpc) is 2.57. The second-order valence-electron chi connectivity index (χ2n) is 5.22. The Hall–Kier alpha value is -3.42. The van der Waals surface area contributed by atoms with Gasteiger partial charge in [-0.2, -0.15) is 0 Å². The van der Waals surface area contributed by atoms with Crippen LogP contribution in [0, 0.1) is 0 Å². The Morgan fingerprint density at radius 2 is 1.36 bits per heavy atom. The Kier molecular flexibility index (Phi) is 5.33. The predicted octanol–water partition coefficient (Wildman–Crippen LogP) is 1.91. The van der Waals surface area contributed by atoms with Gasteiger partial charge in [-0.05, 0) is 43.3 Å². The first-order chi connectivity index (χ1) is 11.8. The summed E-state index contributed by atoms with van der Waals surface area (Å²) in [4.78, 5) is 23.8. The van der Waals surface area contributed by atoms with Crippen molar-refractivity contribution >= 4 is 11.9 Å². The van der Waals surface area contributed by atoms with E-state index >= 15 is 0 Å². The fraction of sp³-hybridized carbons (Fsp3) is 0.176. The van der Waals surface area contributed by atoms with E-state index < -0.39 is 18.0 Å². The lowest BCUT2D eigenvalue weighted by molar-refractivity contribution is 0.00411. The first-order valence-corrected chi connectivity index (χ1v) is 7.20. The van der Waals surface area contributed by atoms with Crippen LogP contribution in [0.3, 0.4) is 0 Å². The zero-order valence-electron chi connectivity index (χ0n) is 13.2. The van der Waals surface area contributed by atoms with Gasteiger partial charge in [0.05, 0.1) is 0 Å².